The Morgan fingerprint density at radius 3 is 1.59 bits per heavy atom. The molecule has 15 nitrogen and oxygen atoms in total. The Hall–Kier alpha value is -3.72. The van der Waals surface area contributed by atoms with Crippen LogP contribution in [0.25, 0.3) is 0 Å². The Morgan fingerprint density at radius 1 is 0.590 bits per heavy atom. The number of esters is 6. The van der Waals surface area contributed by atoms with Gasteiger partial charge in [0, 0.05) is 41.5 Å². The fraction of sp³-hybridized carbons (Fsp3) is 0.667. The van der Waals surface area contributed by atoms with E-state index in [1.807, 2.05) is 0 Å². The fourth-order valence-corrected chi connectivity index (χ4v) is 3.87. The summed E-state index contributed by atoms with van der Waals surface area (Å²) in [6, 6.07) is 0. The highest BCUT2D eigenvalue weighted by atomic mass is 16.7. The molecule has 2 heterocycles. The smallest absolute Gasteiger partial charge is 0.303 e. The lowest BCUT2D eigenvalue weighted by molar-refractivity contribution is -0.328. The van der Waals surface area contributed by atoms with Gasteiger partial charge in [0.05, 0.1) is 6.26 Å². The van der Waals surface area contributed by atoms with Crippen LogP contribution in [0.4, 0.5) is 0 Å². The molecule has 2 aliphatic heterocycles. The maximum absolute atomic E-state index is 12.0. The van der Waals surface area contributed by atoms with E-state index < -0.39 is 91.4 Å². The van der Waals surface area contributed by atoms with Crippen LogP contribution in [0.3, 0.4) is 0 Å². The number of hydrogen-bond donors (Lipinski definition) is 0. The summed E-state index contributed by atoms with van der Waals surface area (Å²) in [5.41, 5.74) is 0. The Balaban J connectivity index is 2.52. The van der Waals surface area contributed by atoms with E-state index in [0.717, 1.165) is 34.6 Å². The molecule has 0 aromatic carbocycles. The van der Waals surface area contributed by atoms with Crippen molar-refractivity contribution in [1.82, 2.24) is 0 Å². The van der Waals surface area contributed by atoms with Gasteiger partial charge in [-0.25, -0.2) is 0 Å². The normalized spacial score (nSPS) is 29.7. The van der Waals surface area contributed by atoms with Crippen molar-refractivity contribution in [2.24, 2.45) is 0 Å². The largest absolute Gasteiger partial charge is 0.492 e. The molecular formula is C24H32O15. The van der Waals surface area contributed by atoms with Crippen molar-refractivity contribution >= 4 is 35.8 Å². The van der Waals surface area contributed by atoms with Crippen molar-refractivity contribution in [3.63, 3.8) is 0 Å². The van der Waals surface area contributed by atoms with E-state index in [4.69, 9.17) is 42.6 Å². The minimum Gasteiger partial charge on any atom is -0.492 e. The van der Waals surface area contributed by atoms with E-state index in [0.29, 0.717) is 0 Å². The number of carbonyl (C=O) groups excluding carboxylic acids is 6. The van der Waals surface area contributed by atoms with Crippen molar-refractivity contribution in [2.45, 2.75) is 90.6 Å². The monoisotopic (exact) mass is 560 g/mol. The predicted molar refractivity (Wildman–Crippen MR) is 123 cm³/mol. The highest BCUT2D eigenvalue weighted by Crippen LogP contribution is 2.32. The molecule has 0 aromatic heterocycles. The quantitative estimate of drug-likeness (QED) is 0.254. The first-order valence-electron chi connectivity index (χ1n) is 11.9. The zero-order valence-electron chi connectivity index (χ0n) is 22.3. The molecule has 0 aromatic rings. The molecule has 0 aliphatic carbocycles. The third-order valence-corrected chi connectivity index (χ3v) is 5.20. The molecule has 2 rings (SSSR count). The Labute approximate surface area is 223 Å². The van der Waals surface area contributed by atoms with Gasteiger partial charge in [-0.2, -0.15) is 0 Å². The molecule has 0 N–H and O–H groups in total. The molecule has 0 unspecified atom stereocenters. The molecule has 218 valence electrons. The lowest BCUT2D eigenvalue weighted by Gasteiger charge is -2.46. The second-order valence-electron chi connectivity index (χ2n) is 8.55. The van der Waals surface area contributed by atoms with Gasteiger partial charge in [-0.15, -0.1) is 0 Å². The van der Waals surface area contributed by atoms with Crippen LogP contribution in [0.2, 0.25) is 0 Å². The molecule has 1 fully saturated rings. The molecule has 0 radical (unpaired) electrons. The average Bonchev–Trinajstić information content (AvgIpc) is 2.80. The first-order chi connectivity index (χ1) is 18.3. The fourth-order valence-electron chi connectivity index (χ4n) is 3.87. The van der Waals surface area contributed by atoms with Crippen LogP contribution in [-0.4, -0.2) is 98.0 Å². The molecule has 1 saturated heterocycles. The molecule has 0 bridgehead atoms. The lowest BCUT2D eigenvalue weighted by Crippen LogP contribution is -2.64. The van der Waals surface area contributed by atoms with Crippen LogP contribution >= 0.6 is 0 Å². The summed E-state index contributed by atoms with van der Waals surface area (Å²) in [6.45, 7) is 5.92. The maximum atomic E-state index is 12.0. The van der Waals surface area contributed by atoms with Crippen LogP contribution in [0.5, 0.6) is 0 Å². The van der Waals surface area contributed by atoms with Gasteiger partial charge in [0.1, 0.15) is 25.4 Å². The summed E-state index contributed by atoms with van der Waals surface area (Å²) >= 11 is 0. The van der Waals surface area contributed by atoms with Gasteiger partial charge in [-0.05, 0) is 6.08 Å². The van der Waals surface area contributed by atoms with Crippen molar-refractivity contribution < 1.29 is 71.4 Å². The van der Waals surface area contributed by atoms with Gasteiger partial charge in [0.25, 0.3) is 0 Å². The minimum atomic E-state index is -1.58. The van der Waals surface area contributed by atoms with Crippen molar-refractivity contribution in [1.29, 1.82) is 0 Å². The molecule has 15 heteroatoms. The molecule has 2 aliphatic rings. The third kappa shape index (κ3) is 9.83. The molecule has 0 spiro atoms. The number of ether oxygens (including phenoxy) is 9. The standard InChI is InChI=1S/C24H32O15/c1-11(25)32-9-18-20(17(7-8-31-18)34-13(3)27)39-24-23(37-16(6)30)22(36-15(5)29)21(35-14(4)28)19(38-24)10-33-12(2)26/h7-8,17-24H,9-10H2,1-6H3/t17-,18-,19+,20+,21-,22-,23-,24-/m1/s1. The van der Waals surface area contributed by atoms with Crippen LogP contribution in [0.15, 0.2) is 12.3 Å². The SMILES string of the molecule is CC(=O)OC[C@@H]1O[C@H](O[C@H]2[C@H](OC(C)=O)C=CO[C@@H]2COC(C)=O)[C@H](OC(C)=O)[C@H](OC(C)=O)[C@@H]1OC(C)=O. The Bertz CT molecular complexity index is 959. The van der Waals surface area contributed by atoms with Gasteiger partial charge in [-0.1, -0.05) is 0 Å². The summed E-state index contributed by atoms with van der Waals surface area (Å²) in [6.07, 6.45) is -7.97. The zero-order chi connectivity index (χ0) is 29.3. The van der Waals surface area contributed by atoms with Crippen LogP contribution in [0.1, 0.15) is 41.5 Å². The Morgan fingerprint density at radius 2 is 1.08 bits per heavy atom. The molecule has 8 atom stereocenters. The van der Waals surface area contributed by atoms with Gasteiger partial charge in [-0.3, -0.25) is 28.8 Å². The number of hydrogen-bond acceptors (Lipinski definition) is 15. The van der Waals surface area contributed by atoms with Crippen LogP contribution in [-0.2, 0) is 71.4 Å². The molecule has 39 heavy (non-hydrogen) atoms. The van der Waals surface area contributed by atoms with Gasteiger partial charge in [0.2, 0.25) is 0 Å². The van der Waals surface area contributed by atoms with E-state index in [1.165, 1.54) is 19.3 Å². The minimum absolute atomic E-state index is 0.326. The van der Waals surface area contributed by atoms with Crippen molar-refractivity contribution in [3.8, 4) is 0 Å². The first kappa shape index (κ1) is 31.5. The molecule has 0 saturated carbocycles. The van der Waals surface area contributed by atoms with Crippen molar-refractivity contribution in [2.75, 3.05) is 13.2 Å². The van der Waals surface area contributed by atoms with E-state index in [9.17, 15) is 28.8 Å². The van der Waals surface area contributed by atoms with Crippen LogP contribution in [0, 0.1) is 0 Å². The number of rotatable bonds is 10. The van der Waals surface area contributed by atoms with Crippen LogP contribution < -0.4 is 0 Å². The third-order valence-electron chi connectivity index (χ3n) is 5.20. The predicted octanol–water partition coefficient (Wildman–Crippen LogP) is -0.138. The maximum Gasteiger partial charge on any atom is 0.303 e. The van der Waals surface area contributed by atoms with Gasteiger partial charge in [0.15, 0.2) is 36.8 Å². The summed E-state index contributed by atoms with van der Waals surface area (Å²) < 4.78 is 49.0. The summed E-state index contributed by atoms with van der Waals surface area (Å²) in [7, 11) is 0. The van der Waals surface area contributed by atoms with Gasteiger partial charge < -0.3 is 42.6 Å². The summed E-state index contributed by atoms with van der Waals surface area (Å²) in [4.78, 5) is 70.6. The highest BCUT2D eigenvalue weighted by Gasteiger charge is 2.54. The molecular weight excluding hydrogens is 528 g/mol. The van der Waals surface area contributed by atoms with Gasteiger partial charge >= 0.3 is 35.8 Å². The molecule has 0 amide bonds. The van der Waals surface area contributed by atoms with E-state index in [1.54, 1.807) is 0 Å². The highest BCUT2D eigenvalue weighted by molar-refractivity contribution is 5.69. The lowest BCUT2D eigenvalue weighted by atomic mass is 9.97. The average molecular weight is 561 g/mol. The van der Waals surface area contributed by atoms with E-state index in [2.05, 4.69) is 0 Å². The summed E-state index contributed by atoms with van der Waals surface area (Å²) in [5.74, 6) is -4.43. The topological polar surface area (TPSA) is 185 Å². The Kier molecular flexibility index (Phi) is 11.7. The second kappa shape index (κ2) is 14.4. The van der Waals surface area contributed by atoms with E-state index >= 15 is 0 Å². The summed E-state index contributed by atoms with van der Waals surface area (Å²) in [5, 5.41) is 0. The first-order valence-corrected chi connectivity index (χ1v) is 11.9. The number of carbonyl (C=O) groups is 6. The second-order valence-corrected chi connectivity index (χ2v) is 8.55. The van der Waals surface area contributed by atoms with Crippen molar-refractivity contribution in [3.05, 3.63) is 12.3 Å². The van der Waals surface area contributed by atoms with E-state index in [-0.39, 0.29) is 6.61 Å². The zero-order valence-corrected chi connectivity index (χ0v) is 22.3.